The van der Waals surface area contributed by atoms with E-state index in [0.29, 0.717) is 53.6 Å². The number of amides is 1. The highest BCUT2D eigenvalue weighted by molar-refractivity contribution is 7.17. The lowest BCUT2D eigenvalue weighted by Gasteiger charge is -2.31. The number of nitrogens with one attached hydrogen (secondary N) is 1. The van der Waals surface area contributed by atoms with Crippen molar-refractivity contribution in [3.63, 3.8) is 0 Å². The summed E-state index contributed by atoms with van der Waals surface area (Å²) in [5.41, 5.74) is 2.18. The number of anilines is 1. The van der Waals surface area contributed by atoms with Crippen LogP contribution < -0.4 is 5.32 Å². The number of thiophene rings is 1. The molecule has 1 aromatic heterocycles. The number of nitrogens with zero attached hydrogens (tertiary/aromatic N) is 1. The molecule has 1 saturated heterocycles. The second-order valence-corrected chi connectivity index (χ2v) is 9.72. The minimum absolute atomic E-state index is 0.0546. The molecule has 0 saturated carbocycles. The van der Waals surface area contributed by atoms with Gasteiger partial charge in [-0.1, -0.05) is 17.7 Å². The quantitative estimate of drug-likeness (QED) is 0.628. The minimum Gasteiger partial charge on any atom is -0.465 e. The maximum absolute atomic E-state index is 14.1. The molecule has 166 valence electrons. The number of fused-ring (bicyclic) bond motifs is 1. The topological polar surface area (TPSA) is 58.6 Å². The second-order valence-electron chi connectivity index (χ2n) is 8.18. The third kappa shape index (κ3) is 4.94. The van der Waals surface area contributed by atoms with Crippen molar-refractivity contribution in [1.29, 1.82) is 0 Å². The zero-order valence-corrected chi connectivity index (χ0v) is 19.1. The molecule has 5 nitrogen and oxygen atoms in total. The Bertz CT molecular complexity index is 985. The van der Waals surface area contributed by atoms with Gasteiger partial charge < -0.3 is 10.1 Å². The molecule has 1 aliphatic carbocycles. The first-order chi connectivity index (χ1) is 15.0. The van der Waals surface area contributed by atoms with Crippen LogP contribution in [0.1, 0.15) is 52.0 Å². The molecule has 2 aliphatic rings. The number of aryl methyl sites for hydroxylation is 1. The number of methoxy groups -OCH3 is 1. The van der Waals surface area contributed by atoms with Crippen molar-refractivity contribution in [3.05, 3.63) is 50.6 Å². The average Bonchev–Trinajstić information content (AvgIpc) is 3.13. The Hall–Kier alpha value is -1.96. The normalized spacial score (nSPS) is 17.3. The van der Waals surface area contributed by atoms with Crippen LogP contribution in [0.25, 0.3) is 0 Å². The van der Waals surface area contributed by atoms with Crippen molar-refractivity contribution in [2.45, 2.75) is 45.1 Å². The van der Waals surface area contributed by atoms with E-state index in [1.54, 1.807) is 12.1 Å². The maximum Gasteiger partial charge on any atom is 0.341 e. The standard InChI is InChI=1S/C23H26ClFN2O3S/c1-30-23(29)20-17-4-2-3-5-19(17)31-22(20)26-21(28)14-8-10-27(11-9-14)13-15-6-7-16(24)12-18(15)25/h6-7,12,14H,2-5,8-11,13H2,1H3,(H,26,28). The first-order valence-corrected chi connectivity index (χ1v) is 11.9. The summed E-state index contributed by atoms with van der Waals surface area (Å²) in [5.74, 6) is -0.865. The lowest BCUT2D eigenvalue weighted by Crippen LogP contribution is -2.38. The Morgan fingerprint density at radius 2 is 2.00 bits per heavy atom. The summed E-state index contributed by atoms with van der Waals surface area (Å²) >= 11 is 7.33. The van der Waals surface area contributed by atoms with Gasteiger partial charge in [-0.25, -0.2) is 9.18 Å². The van der Waals surface area contributed by atoms with E-state index in [-0.39, 0.29) is 23.6 Å². The summed E-state index contributed by atoms with van der Waals surface area (Å²) < 4.78 is 19.1. The maximum atomic E-state index is 14.1. The number of likely N-dealkylation sites (tertiary alicyclic amines) is 1. The number of hydrogen-bond donors (Lipinski definition) is 1. The van der Waals surface area contributed by atoms with E-state index in [1.165, 1.54) is 29.4 Å². The third-order valence-corrected chi connectivity index (χ3v) is 7.61. The van der Waals surface area contributed by atoms with Gasteiger partial charge in [0.05, 0.1) is 12.7 Å². The Labute approximate surface area is 190 Å². The first kappa shape index (κ1) is 22.2. The summed E-state index contributed by atoms with van der Waals surface area (Å²) in [4.78, 5) is 28.7. The van der Waals surface area contributed by atoms with Gasteiger partial charge in [0.15, 0.2) is 0 Å². The molecule has 1 aliphatic heterocycles. The largest absolute Gasteiger partial charge is 0.465 e. The van der Waals surface area contributed by atoms with Crippen molar-refractivity contribution < 1.29 is 18.7 Å². The van der Waals surface area contributed by atoms with Crippen LogP contribution in [0.4, 0.5) is 9.39 Å². The highest BCUT2D eigenvalue weighted by Gasteiger charge is 2.30. The van der Waals surface area contributed by atoms with Crippen LogP contribution in [0.5, 0.6) is 0 Å². The fourth-order valence-electron chi connectivity index (χ4n) is 4.43. The van der Waals surface area contributed by atoms with E-state index in [0.717, 1.165) is 31.2 Å². The van der Waals surface area contributed by atoms with Crippen LogP contribution in [-0.4, -0.2) is 37.0 Å². The number of benzene rings is 1. The molecule has 0 spiro atoms. The van der Waals surface area contributed by atoms with Crippen LogP contribution in [0.15, 0.2) is 18.2 Å². The second kappa shape index (κ2) is 9.67. The lowest BCUT2D eigenvalue weighted by molar-refractivity contribution is -0.121. The Morgan fingerprint density at radius 3 is 2.71 bits per heavy atom. The van der Waals surface area contributed by atoms with Crippen molar-refractivity contribution in [2.24, 2.45) is 5.92 Å². The van der Waals surface area contributed by atoms with Crippen molar-refractivity contribution in [2.75, 3.05) is 25.5 Å². The minimum atomic E-state index is -0.380. The Balaban J connectivity index is 1.38. The van der Waals surface area contributed by atoms with E-state index < -0.39 is 0 Å². The van der Waals surface area contributed by atoms with Gasteiger partial charge in [-0.3, -0.25) is 9.69 Å². The van der Waals surface area contributed by atoms with Gasteiger partial charge in [0.2, 0.25) is 5.91 Å². The van der Waals surface area contributed by atoms with E-state index in [1.807, 2.05) is 0 Å². The number of esters is 1. The third-order valence-electron chi connectivity index (χ3n) is 6.16. The summed E-state index contributed by atoms with van der Waals surface area (Å²) in [6.45, 7) is 1.93. The monoisotopic (exact) mass is 464 g/mol. The van der Waals surface area contributed by atoms with Gasteiger partial charge in [0.25, 0.3) is 0 Å². The van der Waals surface area contributed by atoms with E-state index >= 15 is 0 Å². The summed E-state index contributed by atoms with van der Waals surface area (Å²) in [6.07, 6.45) is 5.34. The van der Waals surface area contributed by atoms with E-state index in [9.17, 15) is 14.0 Å². The molecule has 0 radical (unpaired) electrons. The molecule has 1 aromatic carbocycles. The molecule has 31 heavy (non-hydrogen) atoms. The predicted molar refractivity (Wildman–Crippen MR) is 120 cm³/mol. The van der Waals surface area contributed by atoms with Crippen LogP contribution in [-0.2, 0) is 28.9 Å². The Morgan fingerprint density at radius 1 is 1.26 bits per heavy atom. The number of halogens is 2. The summed E-state index contributed by atoms with van der Waals surface area (Å²) in [5, 5.41) is 4.03. The molecule has 1 fully saturated rings. The number of carbonyl (C=O) groups excluding carboxylic acids is 2. The smallest absolute Gasteiger partial charge is 0.341 e. The van der Waals surface area contributed by atoms with Crippen LogP contribution in [0.3, 0.4) is 0 Å². The Kier molecular flexibility index (Phi) is 6.94. The zero-order chi connectivity index (χ0) is 22.0. The number of rotatable bonds is 5. The molecule has 2 heterocycles. The van der Waals surface area contributed by atoms with Crippen molar-refractivity contribution in [3.8, 4) is 0 Å². The summed E-state index contributed by atoms with van der Waals surface area (Å²) in [6, 6.07) is 4.74. The van der Waals surface area contributed by atoms with Crippen molar-refractivity contribution >= 4 is 39.8 Å². The molecule has 4 rings (SSSR count). The predicted octanol–water partition coefficient (Wildman–Crippen LogP) is 5.06. The van der Waals surface area contributed by atoms with Gasteiger partial charge in [-0.15, -0.1) is 11.3 Å². The molecular weight excluding hydrogens is 439 g/mol. The molecule has 0 unspecified atom stereocenters. The molecule has 1 amide bonds. The lowest BCUT2D eigenvalue weighted by atomic mass is 9.94. The fraction of sp³-hybridized carbons (Fsp3) is 0.478. The molecular formula is C23H26ClFN2O3S. The molecule has 0 atom stereocenters. The SMILES string of the molecule is COC(=O)c1c(NC(=O)C2CCN(Cc3ccc(Cl)cc3F)CC2)sc2c1CCCC2. The van der Waals surface area contributed by atoms with Gasteiger partial charge in [-0.2, -0.15) is 0 Å². The number of hydrogen-bond acceptors (Lipinski definition) is 5. The fourth-order valence-corrected chi connectivity index (χ4v) is 5.87. The zero-order valence-electron chi connectivity index (χ0n) is 17.5. The average molecular weight is 465 g/mol. The van der Waals surface area contributed by atoms with Crippen molar-refractivity contribution in [1.82, 2.24) is 4.90 Å². The van der Waals surface area contributed by atoms with Gasteiger partial charge in [-0.05, 0) is 69.3 Å². The molecule has 1 N–H and O–H groups in total. The highest BCUT2D eigenvalue weighted by atomic mass is 35.5. The van der Waals surface area contributed by atoms with Crippen LogP contribution in [0.2, 0.25) is 5.02 Å². The number of piperidine rings is 1. The van der Waals surface area contributed by atoms with E-state index in [2.05, 4.69) is 10.2 Å². The summed E-state index contributed by atoms with van der Waals surface area (Å²) in [7, 11) is 1.38. The van der Waals surface area contributed by atoms with Gasteiger partial charge >= 0.3 is 5.97 Å². The number of carbonyl (C=O) groups is 2. The molecule has 2 aromatic rings. The number of ether oxygens (including phenoxy) is 1. The van der Waals surface area contributed by atoms with Crippen LogP contribution in [0, 0.1) is 11.7 Å². The first-order valence-electron chi connectivity index (χ1n) is 10.7. The van der Waals surface area contributed by atoms with Gasteiger partial charge in [0.1, 0.15) is 10.8 Å². The van der Waals surface area contributed by atoms with Gasteiger partial charge in [0, 0.05) is 27.9 Å². The molecule has 0 bridgehead atoms. The highest BCUT2D eigenvalue weighted by Crippen LogP contribution is 2.39. The molecule has 8 heteroatoms. The van der Waals surface area contributed by atoms with E-state index in [4.69, 9.17) is 16.3 Å². The van der Waals surface area contributed by atoms with Crippen LogP contribution >= 0.6 is 22.9 Å².